The van der Waals surface area contributed by atoms with Crippen molar-refractivity contribution in [2.24, 2.45) is 5.92 Å². The highest BCUT2D eigenvalue weighted by Crippen LogP contribution is 2.29. The molecule has 0 spiro atoms. The number of carboxylic acids is 1. The lowest BCUT2D eigenvalue weighted by Gasteiger charge is -2.27. The van der Waals surface area contributed by atoms with Gasteiger partial charge in [-0.25, -0.2) is 4.79 Å². The first-order chi connectivity index (χ1) is 6.49. The van der Waals surface area contributed by atoms with Crippen molar-refractivity contribution in [3.63, 3.8) is 0 Å². The fourth-order valence-electron chi connectivity index (χ4n) is 1.40. The summed E-state index contributed by atoms with van der Waals surface area (Å²) in [4.78, 5) is 11.0. The summed E-state index contributed by atoms with van der Waals surface area (Å²) in [5, 5.41) is 19.0. The van der Waals surface area contributed by atoms with Gasteiger partial charge in [-0.15, -0.1) is 0 Å². The third-order valence-corrected chi connectivity index (χ3v) is 2.38. The minimum absolute atomic E-state index is 0.373. The fourth-order valence-corrected chi connectivity index (χ4v) is 1.40. The van der Waals surface area contributed by atoms with Crippen LogP contribution in [0.4, 0.5) is 0 Å². The van der Waals surface area contributed by atoms with Gasteiger partial charge in [-0.3, -0.25) is 0 Å². The van der Waals surface area contributed by atoms with E-state index < -0.39 is 11.6 Å². The van der Waals surface area contributed by atoms with E-state index >= 15 is 0 Å². The molecule has 0 aliphatic rings. The molecular weight excluding hydrogens is 180 g/mol. The van der Waals surface area contributed by atoms with Crippen LogP contribution in [-0.2, 0) is 10.4 Å². The van der Waals surface area contributed by atoms with Crippen molar-refractivity contribution in [2.45, 2.75) is 19.4 Å². The van der Waals surface area contributed by atoms with Crippen LogP contribution in [0, 0.1) is 5.92 Å². The number of carbonyl (C=O) groups is 1. The second kappa shape index (κ2) is 3.80. The number of rotatable bonds is 3. The molecule has 1 atom stereocenters. The first-order valence-corrected chi connectivity index (χ1v) is 4.51. The van der Waals surface area contributed by atoms with Gasteiger partial charge >= 0.3 is 5.97 Å². The van der Waals surface area contributed by atoms with Crippen molar-refractivity contribution in [2.75, 3.05) is 0 Å². The topological polar surface area (TPSA) is 57.5 Å². The van der Waals surface area contributed by atoms with Crippen molar-refractivity contribution in [1.82, 2.24) is 0 Å². The summed E-state index contributed by atoms with van der Waals surface area (Å²) in [6.07, 6.45) is 0. The third kappa shape index (κ3) is 1.63. The van der Waals surface area contributed by atoms with Gasteiger partial charge in [0, 0.05) is 0 Å². The van der Waals surface area contributed by atoms with Crippen LogP contribution in [0.2, 0.25) is 0 Å². The van der Waals surface area contributed by atoms with E-state index in [0.717, 1.165) is 0 Å². The van der Waals surface area contributed by atoms with Gasteiger partial charge in [0.1, 0.15) is 0 Å². The molecule has 2 N–H and O–H groups in total. The summed E-state index contributed by atoms with van der Waals surface area (Å²) < 4.78 is 0. The molecule has 3 nitrogen and oxygen atoms in total. The largest absolute Gasteiger partial charge is 0.479 e. The van der Waals surface area contributed by atoms with Crippen LogP contribution in [0.1, 0.15) is 19.4 Å². The van der Waals surface area contributed by atoms with E-state index in [9.17, 15) is 9.90 Å². The summed E-state index contributed by atoms with van der Waals surface area (Å²) in [5.74, 6) is -1.58. The Hall–Kier alpha value is -1.35. The van der Waals surface area contributed by atoms with Gasteiger partial charge in [-0.05, 0) is 11.5 Å². The number of aliphatic carboxylic acids is 1. The molecule has 76 valence electrons. The van der Waals surface area contributed by atoms with Crippen LogP contribution in [0.3, 0.4) is 0 Å². The molecule has 0 fully saturated rings. The van der Waals surface area contributed by atoms with E-state index in [1.54, 1.807) is 44.2 Å². The van der Waals surface area contributed by atoms with Gasteiger partial charge in [-0.1, -0.05) is 44.2 Å². The molecule has 0 aromatic heterocycles. The molecule has 0 bridgehead atoms. The SMILES string of the molecule is CC(C)[C@@](O)(C(=O)O)c1ccccc1. The zero-order valence-corrected chi connectivity index (χ0v) is 8.27. The van der Waals surface area contributed by atoms with Gasteiger partial charge in [0.15, 0.2) is 5.60 Å². The highest BCUT2D eigenvalue weighted by molar-refractivity contribution is 5.79. The molecular formula is C11H14O3. The van der Waals surface area contributed by atoms with E-state index in [-0.39, 0.29) is 5.92 Å². The number of hydrogen-bond acceptors (Lipinski definition) is 2. The van der Waals surface area contributed by atoms with Crippen molar-refractivity contribution >= 4 is 5.97 Å². The molecule has 0 amide bonds. The molecule has 0 saturated heterocycles. The summed E-state index contributed by atoms with van der Waals surface area (Å²) in [6.45, 7) is 3.36. The Bertz CT molecular complexity index is 319. The minimum atomic E-state index is -1.79. The van der Waals surface area contributed by atoms with Crippen molar-refractivity contribution in [3.8, 4) is 0 Å². The minimum Gasteiger partial charge on any atom is -0.479 e. The van der Waals surface area contributed by atoms with Crippen molar-refractivity contribution in [3.05, 3.63) is 35.9 Å². The quantitative estimate of drug-likeness (QED) is 0.768. The Balaban J connectivity index is 3.20. The van der Waals surface area contributed by atoms with Gasteiger partial charge < -0.3 is 10.2 Å². The Morgan fingerprint density at radius 2 is 1.79 bits per heavy atom. The Morgan fingerprint density at radius 1 is 1.29 bits per heavy atom. The maximum absolute atomic E-state index is 11.0. The van der Waals surface area contributed by atoms with Crippen LogP contribution >= 0.6 is 0 Å². The van der Waals surface area contributed by atoms with Crippen LogP contribution in [0.5, 0.6) is 0 Å². The molecule has 0 unspecified atom stereocenters. The molecule has 1 aromatic rings. The molecule has 0 aliphatic heterocycles. The van der Waals surface area contributed by atoms with Gasteiger partial charge in [0.25, 0.3) is 0 Å². The first-order valence-electron chi connectivity index (χ1n) is 4.51. The van der Waals surface area contributed by atoms with Crippen LogP contribution in [0.25, 0.3) is 0 Å². The molecule has 1 rings (SSSR count). The summed E-state index contributed by atoms with van der Waals surface area (Å²) >= 11 is 0. The lowest BCUT2D eigenvalue weighted by molar-refractivity contribution is -0.165. The number of carboxylic acid groups (broad SMARTS) is 1. The van der Waals surface area contributed by atoms with Crippen LogP contribution in [0.15, 0.2) is 30.3 Å². The van der Waals surface area contributed by atoms with E-state index in [1.165, 1.54) is 0 Å². The van der Waals surface area contributed by atoms with E-state index in [2.05, 4.69) is 0 Å². The maximum Gasteiger partial charge on any atom is 0.340 e. The first kappa shape index (κ1) is 10.7. The Labute approximate surface area is 83.0 Å². The maximum atomic E-state index is 11.0. The molecule has 14 heavy (non-hydrogen) atoms. The molecule has 0 aliphatic carbocycles. The summed E-state index contributed by atoms with van der Waals surface area (Å²) in [6, 6.07) is 8.45. The molecule has 0 radical (unpaired) electrons. The fraction of sp³-hybridized carbons (Fsp3) is 0.364. The third-order valence-electron chi connectivity index (χ3n) is 2.38. The van der Waals surface area contributed by atoms with Gasteiger partial charge in [-0.2, -0.15) is 0 Å². The standard InChI is InChI=1S/C11H14O3/c1-8(2)11(14,10(12)13)9-6-4-3-5-7-9/h3-8,14H,1-2H3,(H,12,13)/t11-/m0/s1. The Morgan fingerprint density at radius 3 is 2.14 bits per heavy atom. The zero-order chi connectivity index (χ0) is 10.8. The summed E-state index contributed by atoms with van der Waals surface area (Å²) in [7, 11) is 0. The van der Waals surface area contributed by atoms with E-state index in [4.69, 9.17) is 5.11 Å². The monoisotopic (exact) mass is 194 g/mol. The normalized spacial score (nSPS) is 15.1. The summed E-state index contributed by atoms with van der Waals surface area (Å²) in [5.41, 5.74) is -1.37. The van der Waals surface area contributed by atoms with E-state index in [1.807, 2.05) is 0 Å². The lowest BCUT2D eigenvalue weighted by atomic mass is 9.83. The molecule has 0 heterocycles. The van der Waals surface area contributed by atoms with Crippen molar-refractivity contribution < 1.29 is 15.0 Å². The highest BCUT2D eigenvalue weighted by atomic mass is 16.4. The second-order valence-electron chi connectivity index (χ2n) is 3.59. The highest BCUT2D eigenvalue weighted by Gasteiger charge is 2.41. The molecule has 3 heteroatoms. The van der Waals surface area contributed by atoms with Crippen LogP contribution in [-0.4, -0.2) is 16.2 Å². The number of hydrogen-bond donors (Lipinski definition) is 2. The molecule has 1 aromatic carbocycles. The second-order valence-corrected chi connectivity index (χ2v) is 3.59. The number of aliphatic hydroxyl groups is 1. The van der Waals surface area contributed by atoms with Crippen molar-refractivity contribution in [1.29, 1.82) is 0 Å². The number of benzene rings is 1. The predicted octanol–water partition coefficient (Wildman–Crippen LogP) is 1.61. The van der Waals surface area contributed by atoms with Gasteiger partial charge in [0.05, 0.1) is 0 Å². The molecule has 0 saturated carbocycles. The predicted molar refractivity (Wildman–Crippen MR) is 52.8 cm³/mol. The lowest BCUT2D eigenvalue weighted by Crippen LogP contribution is -2.40. The smallest absolute Gasteiger partial charge is 0.340 e. The Kier molecular flexibility index (Phi) is 2.91. The van der Waals surface area contributed by atoms with Gasteiger partial charge in [0.2, 0.25) is 0 Å². The average Bonchev–Trinajstić information content (AvgIpc) is 2.17. The zero-order valence-electron chi connectivity index (χ0n) is 8.27. The van der Waals surface area contributed by atoms with Crippen LogP contribution < -0.4 is 0 Å². The average molecular weight is 194 g/mol. The van der Waals surface area contributed by atoms with E-state index in [0.29, 0.717) is 5.56 Å².